The summed E-state index contributed by atoms with van der Waals surface area (Å²) in [5, 5.41) is 0. The first-order valence-electron chi connectivity index (χ1n) is 12.2. The summed E-state index contributed by atoms with van der Waals surface area (Å²) in [5.41, 5.74) is 1.74. The molecule has 0 aliphatic rings. The number of esters is 2. The van der Waals surface area contributed by atoms with Crippen LogP contribution in [0.4, 0.5) is 0 Å². The minimum atomic E-state index is -0.379. The van der Waals surface area contributed by atoms with Gasteiger partial charge in [-0.25, -0.2) is 9.59 Å². The van der Waals surface area contributed by atoms with E-state index in [0.717, 1.165) is 49.7 Å². The molecule has 0 aliphatic heterocycles. The Balaban J connectivity index is 1.57. The fraction of sp³-hybridized carbons (Fsp3) is 0.267. The van der Waals surface area contributed by atoms with Crippen LogP contribution in [0.5, 0.6) is 11.5 Å². The zero-order chi connectivity index (χ0) is 24.9. The smallest absolute Gasteiger partial charge is 0.335 e. The Labute approximate surface area is 207 Å². The van der Waals surface area contributed by atoms with Crippen molar-refractivity contribution < 1.29 is 23.5 Å². The van der Waals surface area contributed by atoms with Crippen molar-refractivity contribution in [3.63, 3.8) is 0 Å². The molecule has 0 aliphatic carbocycles. The predicted octanol–water partition coefficient (Wildman–Crippen LogP) is 7.92. The topological polar surface area (TPSA) is 65.7 Å². The van der Waals surface area contributed by atoms with Crippen molar-refractivity contribution in [3.8, 4) is 34.1 Å². The van der Waals surface area contributed by atoms with E-state index in [1.165, 1.54) is 12.2 Å². The van der Waals surface area contributed by atoms with Crippen LogP contribution in [-0.2, 0) is 9.59 Å². The average Bonchev–Trinajstić information content (AvgIpc) is 3.36. The lowest BCUT2D eigenvalue weighted by Crippen LogP contribution is -2.03. The summed E-state index contributed by atoms with van der Waals surface area (Å²) < 4.78 is 16.7. The molecule has 0 N–H and O–H groups in total. The lowest BCUT2D eigenvalue weighted by atomic mass is 10.1. The molecule has 3 aromatic rings. The molecule has 0 amide bonds. The SMILES string of the molecule is CCCCC=CC(=O)Oc1ccc(-c2ccc(-c3ccc(OC(=O)C=CCCCC)cc3)o2)cc1. The lowest BCUT2D eigenvalue weighted by Gasteiger charge is -2.04. The third-order valence-corrected chi connectivity index (χ3v) is 5.28. The molecule has 5 heteroatoms. The maximum atomic E-state index is 11.9. The normalized spacial score (nSPS) is 11.3. The molecule has 0 bridgehead atoms. The number of rotatable bonds is 12. The summed E-state index contributed by atoms with van der Waals surface area (Å²) in [6, 6.07) is 18.2. The standard InChI is InChI=1S/C30H32O5/c1-3-5-7-9-11-29(31)33-25-17-13-23(14-18-25)27-21-22-28(35-27)24-15-19-26(20-16-24)34-30(32)12-10-8-6-4-2/h9-22H,3-8H2,1-2H3. The molecule has 0 spiro atoms. The summed E-state index contributed by atoms with van der Waals surface area (Å²) in [7, 11) is 0. The van der Waals surface area contributed by atoms with Crippen molar-refractivity contribution in [2.45, 2.75) is 52.4 Å². The van der Waals surface area contributed by atoms with Gasteiger partial charge in [0.2, 0.25) is 0 Å². The van der Waals surface area contributed by atoms with Gasteiger partial charge in [-0.2, -0.15) is 0 Å². The molecular weight excluding hydrogens is 440 g/mol. The fourth-order valence-electron chi connectivity index (χ4n) is 3.33. The summed E-state index contributed by atoms with van der Waals surface area (Å²) >= 11 is 0. The number of hydrogen-bond acceptors (Lipinski definition) is 5. The first-order chi connectivity index (χ1) is 17.1. The molecule has 0 fully saturated rings. The Morgan fingerprint density at radius 2 is 1.06 bits per heavy atom. The Morgan fingerprint density at radius 1 is 0.657 bits per heavy atom. The quantitative estimate of drug-likeness (QED) is 0.116. The first-order valence-corrected chi connectivity index (χ1v) is 12.2. The van der Waals surface area contributed by atoms with E-state index in [2.05, 4.69) is 13.8 Å². The van der Waals surface area contributed by atoms with E-state index in [-0.39, 0.29) is 11.9 Å². The fourth-order valence-corrected chi connectivity index (χ4v) is 3.33. The molecule has 0 saturated heterocycles. The third-order valence-electron chi connectivity index (χ3n) is 5.28. The Kier molecular flexibility index (Phi) is 10.1. The van der Waals surface area contributed by atoms with Crippen molar-refractivity contribution in [2.24, 2.45) is 0 Å². The van der Waals surface area contributed by atoms with Crippen LogP contribution in [0.15, 0.2) is 89.4 Å². The molecule has 1 heterocycles. The highest BCUT2D eigenvalue weighted by atomic mass is 16.5. The van der Waals surface area contributed by atoms with Crippen LogP contribution in [-0.4, -0.2) is 11.9 Å². The van der Waals surface area contributed by atoms with Crippen LogP contribution in [0.25, 0.3) is 22.6 Å². The minimum absolute atomic E-state index is 0.379. The van der Waals surface area contributed by atoms with E-state index >= 15 is 0 Å². The number of hydrogen-bond donors (Lipinski definition) is 0. The summed E-state index contributed by atoms with van der Waals surface area (Å²) in [4.78, 5) is 23.8. The van der Waals surface area contributed by atoms with Gasteiger partial charge in [-0.1, -0.05) is 51.7 Å². The predicted molar refractivity (Wildman–Crippen MR) is 138 cm³/mol. The van der Waals surface area contributed by atoms with Gasteiger partial charge in [-0.15, -0.1) is 0 Å². The number of benzene rings is 2. The van der Waals surface area contributed by atoms with Gasteiger partial charge in [0, 0.05) is 23.3 Å². The Morgan fingerprint density at radius 3 is 1.43 bits per heavy atom. The van der Waals surface area contributed by atoms with Gasteiger partial charge in [0.15, 0.2) is 0 Å². The molecule has 2 aromatic carbocycles. The molecule has 1 aromatic heterocycles. The van der Waals surface area contributed by atoms with Crippen molar-refractivity contribution >= 4 is 11.9 Å². The third kappa shape index (κ3) is 8.45. The van der Waals surface area contributed by atoms with E-state index in [4.69, 9.17) is 13.9 Å². The zero-order valence-corrected chi connectivity index (χ0v) is 20.4. The Hall–Kier alpha value is -3.86. The number of carbonyl (C=O) groups is 2. The summed E-state index contributed by atoms with van der Waals surface area (Å²) in [6.45, 7) is 4.22. The maximum absolute atomic E-state index is 11.9. The van der Waals surface area contributed by atoms with Gasteiger partial charge < -0.3 is 13.9 Å². The molecule has 0 saturated carbocycles. The molecule has 5 nitrogen and oxygen atoms in total. The number of carbonyl (C=O) groups excluding carboxylic acids is 2. The van der Waals surface area contributed by atoms with Gasteiger partial charge in [0.1, 0.15) is 23.0 Å². The van der Waals surface area contributed by atoms with Crippen molar-refractivity contribution in [1.29, 1.82) is 0 Å². The number of furan rings is 1. The van der Waals surface area contributed by atoms with Gasteiger partial charge in [0.05, 0.1) is 0 Å². The van der Waals surface area contributed by atoms with Gasteiger partial charge in [-0.05, 0) is 73.5 Å². The van der Waals surface area contributed by atoms with Crippen molar-refractivity contribution in [1.82, 2.24) is 0 Å². The summed E-state index contributed by atoms with van der Waals surface area (Å²) in [5.74, 6) is 1.61. The van der Waals surface area contributed by atoms with Gasteiger partial charge in [-0.3, -0.25) is 0 Å². The summed E-state index contributed by atoms with van der Waals surface area (Å²) in [6.07, 6.45) is 12.7. The molecular formula is C30H32O5. The largest absolute Gasteiger partial charge is 0.456 e. The molecule has 35 heavy (non-hydrogen) atoms. The highest BCUT2D eigenvalue weighted by Gasteiger charge is 2.09. The first kappa shape index (κ1) is 25.8. The van der Waals surface area contributed by atoms with Crippen LogP contribution in [0.2, 0.25) is 0 Å². The molecule has 182 valence electrons. The van der Waals surface area contributed by atoms with Crippen LogP contribution >= 0.6 is 0 Å². The van der Waals surface area contributed by atoms with E-state index in [1.54, 1.807) is 24.3 Å². The average molecular weight is 473 g/mol. The van der Waals surface area contributed by atoms with Crippen LogP contribution in [0.3, 0.4) is 0 Å². The molecule has 0 unspecified atom stereocenters. The van der Waals surface area contributed by atoms with Crippen LogP contribution in [0.1, 0.15) is 52.4 Å². The highest BCUT2D eigenvalue weighted by Crippen LogP contribution is 2.30. The number of allylic oxidation sites excluding steroid dienone is 2. The molecule has 0 atom stereocenters. The van der Waals surface area contributed by atoms with E-state index in [9.17, 15) is 9.59 Å². The van der Waals surface area contributed by atoms with Crippen molar-refractivity contribution in [2.75, 3.05) is 0 Å². The number of ether oxygens (including phenoxy) is 2. The van der Waals surface area contributed by atoms with Crippen LogP contribution in [0, 0.1) is 0 Å². The Bertz CT molecular complexity index is 1040. The highest BCUT2D eigenvalue weighted by molar-refractivity contribution is 5.84. The lowest BCUT2D eigenvalue weighted by molar-refractivity contribution is -0.129. The maximum Gasteiger partial charge on any atom is 0.335 e. The van der Waals surface area contributed by atoms with E-state index in [0.29, 0.717) is 23.0 Å². The van der Waals surface area contributed by atoms with E-state index in [1.807, 2.05) is 48.6 Å². The molecule has 3 rings (SSSR count). The van der Waals surface area contributed by atoms with E-state index < -0.39 is 0 Å². The number of unbranched alkanes of at least 4 members (excludes halogenated alkanes) is 4. The van der Waals surface area contributed by atoms with Gasteiger partial charge >= 0.3 is 11.9 Å². The minimum Gasteiger partial charge on any atom is -0.456 e. The second-order valence-electron chi connectivity index (χ2n) is 8.14. The second kappa shape index (κ2) is 13.8. The monoisotopic (exact) mass is 472 g/mol. The van der Waals surface area contributed by atoms with Crippen LogP contribution < -0.4 is 9.47 Å². The van der Waals surface area contributed by atoms with Gasteiger partial charge in [0.25, 0.3) is 0 Å². The second-order valence-corrected chi connectivity index (χ2v) is 8.14. The van der Waals surface area contributed by atoms with Crippen molar-refractivity contribution in [3.05, 3.63) is 85.0 Å². The molecule has 0 radical (unpaired) electrons. The zero-order valence-electron chi connectivity index (χ0n) is 20.4.